The van der Waals surface area contributed by atoms with E-state index in [-0.39, 0.29) is 11.8 Å². The summed E-state index contributed by atoms with van der Waals surface area (Å²) >= 11 is 0. The summed E-state index contributed by atoms with van der Waals surface area (Å²) in [5.74, 6) is -0.746. The number of carbonyl (C=O) groups is 1. The van der Waals surface area contributed by atoms with Crippen molar-refractivity contribution >= 4 is 13.8 Å². The lowest BCUT2D eigenvalue weighted by Gasteiger charge is -2.27. The number of carboxylic acid groups (broad SMARTS) is 1. The van der Waals surface area contributed by atoms with Crippen molar-refractivity contribution in [3.05, 3.63) is 0 Å². The molecule has 0 bridgehead atoms. The molecule has 0 heterocycles. The van der Waals surface area contributed by atoms with Crippen molar-refractivity contribution in [2.75, 3.05) is 19.8 Å². The van der Waals surface area contributed by atoms with Crippen molar-refractivity contribution < 1.29 is 28.0 Å². The summed E-state index contributed by atoms with van der Waals surface area (Å²) in [6.45, 7) is 5.11. The molecule has 0 saturated heterocycles. The largest absolute Gasteiger partial charge is 0.481 e. The van der Waals surface area contributed by atoms with Gasteiger partial charge in [-0.05, 0) is 44.4 Å². The maximum Gasteiger partial charge on any atom is 0.474 e. The Morgan fingerprint density at radius 2 is 1.52 bits per heavy atom. The first-order valence-corrected chi connectivity index (χ1v) is 10.2. The van der Waals surface area contributed by atoms with Crippen LogP contribution in [0.25, 0.3) is 0 Å². The Kier molecular flexibility index (Phi) is 10.0. The van der Waals surface area contributed by atoms with E-state index in [1.54, 1.807) is 0 Å². The topological polar surface area (TPSA) is 82.1 Å². The van der Waals surface area contributed by atoms with Crippen LogP contribution in [-0.4, -0.2) is 30.9 Å². The van der Waals surface area contributed by atoms with Gasteiger partial charge >= 0.3 is 13.8 Å². The molecule has 6 nitrogen and oxygen atoms in total. The second-order valence-corrected chi connectivity index (χ2v) is 7.84. The lowest BCUT2D eigenvalue weighted by Crippen LogP contribution is -2.23. The van der Waals surface area contributed by atoms with Crippen LogP contribution >= 0.6 is 7.82 Å². The highest BCUT2D eigenvalue weighted by atomic mass is 31.2. The number of rotatable bonds is 12. The molecule has 23 heavy (non-hydrogen) atoms. The predicted octanol–water partition coefficient (Wildman–Crippen LogP) is 4.64. The second-order valence-electron chi connectivity index (χ2n) is 6.17. The van der Waals surface area contributed by atoms with Crippen LogP contribution in [0.5, 0.6) is 0 Å². The van der Waals surface area contributed by atoms with Crippen molar-refractivity contribution in [3.8, 4) is 0 Å². The van der Waals surface area contributed by atoms with Gasteiger partial charge in [-0.25, -0.2) is 4.57 Å². The monoisotopic (exact) mass is 350 g/mol. The predicted molar refractivity (Wildman–Crippen MR) is 88.4 cm³/mol. The molecule has 1 fully saturated rings. The molecule has 0 aromatic rings. The van der Waals surface area contributed by atoms with E-state index in [2.05, 4.69) is 0 Å². The Bertz CT molecular complexity index is 365. The minimum absolute atomic E-state index is 0.225. The van der Waals surface area contributed by atoms with E-state index in [1.165, 1.54) is 0 Å². The standard InChI is InChI=1S/C16H31O6P/c1-3-5-11-20-23(19,21-12-6-4-2)22-13-14-7-9-15(10-8-14)16(17)18/h14-15H,3-13H2,1-2H3,(H,17,18). The zero-order chi connectivity index (χ0) is 17.1. The van der Waals surface area contributed by atoms with Gasteiger partial charge in [0.05, 0.1) is 25.7 Å². The number of phosphoric acid groups is 1. The summed E-state index contributed by atoms with van der Waals surface area (Å²) < 4.78 is 28.9. The lowest BCUT2D eigenvalue weighted by atomic mass is 9.82. The van der Waals surface area contributed by atoms with E-state index in [4.69, 9.17) is 18.7 Å². The Balaban J connectivity index is 2.40. The van der Waals surface area contributed by atoms with E-state index < -0.39 is 13.8 Å². The van der Waals surface area contributed by atoms with Gasteiger partial charge in [0.2, 0.25) is 0 Å². The first-order valence-electron chi connectivity index (χ1n) is 8.77. The van der Waals surface area contributed by atoms with Crippen LogP contribution in [0.4, 0.5) is 0 Å². The summed E-state index contributed by atoms with van der Waals surface area (Å²) in [4.78, 5) is 11.0. The molecule has 1 aliphatic carbocycles. The molecule has 1 saturated carbocycles. The maximum atomic E-state index is 12.6. The third-order valence-electron chi connectivity index (χ3n) is 4.16. The van der Waals surface area contributed by atoms with E-state index in [0.29, 0.717) is 32.7 Å². The van der Waals surface area contributed by atoms with Gasteiger partial charge in [0.25, 0.3) is 0 Å². The third-order valence-corrected chi connectivity index (χ3v) is 5.62. The SMILES string of the molecule is CCCCOP(=O)(OCCCC)OCC1CCC(C(=O)O)CC1. The molecule has 0 radical (unpaired) electrons. The summed E-state index contributed by atoms with van der Waals surface area (Å²) in [6.07, 6.45) is 6.40. The molecule has 0 atom stereocenters. The van der Waals surface area contributed by atoms with Crippen molar-refractivity contribution in [2.24, 2.45) is 11.8 Å². The quantitative estimate of drug-likeness (QED) is 0.408. The normalized spacial score (nSPS) is 22.2. The fraction of sp³-hybridized carbons (Fsp3) is 0.938. The highest BCUT2D eigenvalue weighted by molar-refractivity contribution is 7.48. The minimum atomic E-state index is -3.50. The molecule has 0 spiro atoms. The number of hydrogen-bond donors (Lipinski definition) is 1. The molecule has 0 aromatic heterocycles. The average Bonchev–Trinajstić information content (AvgIpc) is 2.54. The molecule has 0 aromatic carbocycles. The molecule has 1 aliphatic rings. The second kappa shape index (κ2) is 11.2. The van der Waals surface area contributed by atoms with Crippen LogP contribution in [0.1, 0.15) is 65.2 Å². The molecule has 1 N–H and O–H groups in total. The Labute approximate surface area is 139 Å². The molecule has 0 aliphatic heterocycles. The molecule has 0 amide bonds. The van der Waals surface area contributed by atoms with Crippen molar-refractivity contribution in [2.45, 2.75) is 65.2 Å². The summed E-state index contributed by atoms with van der Waals surface area (Å²) in [6, 6.07) is 0. The molecule has 1 rings (SSSR count). The van der Waals surface area contributed by atoms with Gasteiger partial charge in [-0.15, -0.1) is 0 Å². The van der Waals surface area contributed by atoms with Gasteiger partial charge in [-0.1, -0.05) is 26.7 Å². The Morgan fingerprint density at radius 3 is 1.96 bits per heavy atom. The molecular weight excluding hydrogens is 319 g/mol. The third kappa shape index (κ3) is 8.30. The average molecular weight is 350 g/mol. The molecule has 136 valence electrons. The van der Waals surface area contributed by atoms with Gasteiger partial charge in [0.15, 0.2) is 0 Å². The number of hydrogen-bond acceptors (Lipinski definition) is 5. The number of unbranched alkanes of at least 4 members (excludes halogenated alkanes) is 2. The lowest BCUT2D eigenvalue weighted by molar-refractivity contribution is -0.143. The van der Waals surface area contributed by atoms with Gasteiger partial charge < -0.3 is 5.11 Å². The summed E-state index contributed by atoms with van der Waals surface area (Å²) in [7, 11) is -3.50. The Morgan fingerprint density at radius 1 is 1.00 bits per heavy atom. The van der Waals surface area contributed by atoms with E-state index in [9.17, 15) is 9.36 Å². The van der Waals surface area contributed by atoms with Crippen LogP contribution in [0.2, 0.25) is 0 Å². The first-order chi connectivity index (χ1) is 11.0. The van der Waals surface area contributed by atoms with Crippen LogP contribution in [0.3, 0.4) is 0 Å². The summed E-state index contributed by atoms with van der Waals surface area (Å²) in [5, 5.41) is 9.01. The van der Waals surface area contributed by atoms with Gasteiger partial charge in [-0.2, -0.15) is 0 Å². The van der Waals surface area contributed by atoms with E-state index in [1.807, 2.05) is 13.8 Å². The summed E-state index contributed by atoms with van der Waals surface area (Å²) in [5.41, 5.74) is 0. The van der Waals surface area contributed by atoms with Crippen LogP contribution in [0, 0.1) is 11.8 Å². The fourth-order valence-corrected chi connectivity index (χ4v) is 3.85. The maximum absolute atomic E-state index is 12.6. The number of carboxylic acids is 1. The van der Waals surface area contributed by atoms with Gasteiger partial charge in [-0.3, -0.25) is 18.4 Å². The highest BCUT2D eigenvalue weighted by Gasteiger charge is 2.31. The van der Waals surface area contributed by atoms with Crippen LogP contribution in [-0.2, 0) is 22.9 Å². The van der Waals surface area contributed by atoms with Gasteiger partial charge in [0.1, 0.15) is 0 Å². The van der Waals surface area contributed by atoms with Crippen molar-refractivity contribution in [1.82, 2.24) is 0 Å². The first kappa shape index (κ1) is 20.6. The fourth-order valence-electron chi connectivity index (χ4n) is 2.53. The molecule has 7 heteroatoms. The minimum Gasteiger partial charge on any atom is -0.481 e. The smallest absolute Gasteiger partial charge is 0.474 e. The van der Waals surface area contributed by atoms with Crippen molar-refractivity contribution in [1.29, 1.82) is 0 Å². The zero-order valence-corrected chi connectivity index (χ0v) is 15.3. The van der Waals surface area contributed by atoms with Crippen molar-refractivity contribution in [3.63, 3.8) is 0 Å². The van der Waals surface area contributed by atoms with E-state index in [0.717, 1.165) is 38.5 Å². The van der Waals surface area contributed by atoms with E-state index >= 15 is 0 Å². The number of phosphoric ester groups is 1. The number of aliphatic carboxylic acids is 1. The molecule has 0 unspecified atom stereocenters. The van der Waals surface area contributed by atoms with Crippen LogP contribution < -0.4 is 0 Å². The highest BCUT2D eigenvalue weighted by Crippen LogP contribution is 2.50. The van der Waals surface area contributed by atoms with Crippen LogP contribution in [0.15, 0.2) is 0 Å². The van der Waals surface area contributed by atoms with Gasteiger partial charge in [0, 0.05) is 0 Å². The Hall–Kier alpha value is -0.420. The zero-order valence-electron chi connectivity index (χ0n) is 14.4. The molecular formula is C16H31O6P.